The molecule has 0 spiro atoms. The monoisotopic (exact) mass is 686 g/mol. The van der Waals surface area contributed by atoms with Gasteiger partial charge in [0.1, 0.15) is 0 Å². The molecule has 4 nitrogen and oxygen atoms in total. The normalized spacial score (nSPS) is 14.9. The number of nitrogens with zero attached hydrogens (tertiary/aromatic N) is 3. The van der Waals surface area contributed by atoms with Gasteiger partial charge in [-0.3, -0.25) is 0 Å². The van der Waals surface area contributed by atoms with Gasteiger partial charge in [0.25, 0.3) is 0 Å². The van der Waals surface area contributed by atoms with Crippen molar-refractivity contribution >= 4 is 27.6 Å². The van der Waals surface area contributed by atoms with Crippen molar-refractivity contribution < 1.29 is 79.0 Å². The van der Waals surface area contributed by atoms with Crippen LogP contribution in [-0.2, 0) is 10.8 Å². The van der Waals surface area contributed by atoms with E-state index in [0.717, 1.165) is 24.3 Å². The molecule has 0 aliphatic rings. The van der Waals surface area contributed by atoms with E-state index in [2.05, 4.69) is 25.9 Å². The van der Waals surface area contributed by atoms with Crippen molar-refractivity contribution in [3.63, 3.8) is 0 Å². The molecule has 0 saturated heterocycles. The van der Waals surface area contributed by atoms with Gasteiger partial charge >= 0.3 is 47.9 Å². The first-order valence-corrected chi connectivity index (χ1v) is 10.0. The lowest BCUT2D eigenvalue weighted by Crippen LogP contribution is -2.66. The Morgan fingerprint density at radius 3 is 0.975 bits per heavy atom. The second-order valence-electron chi connectivity index (χ2n) is 7.42. The Balaban J connectivity index is 3.26. The van der Waals surface area contributed by atoms with E-state index in [1.165, 1.54) is 10.3 Å². The molecule has 0 aliphatic carbocycles. The van der Waals surface area contributed by atoms with Gasteiger partial charge < -0.3 is 5.32 Å². The Kier molecular flexibility index (Phi) is 8.09. The lowest BCUT2D eigenvalue weighted by Gasteiger charge is -2.39. The first-order chi connectivity index (χ1) is 17.6. The largest absolute Gasteiger partial charge is 0.419 e. The molecule has 2 rings (SSSR count). The summed E-state index contributed by atoms with van der Waals surface area (Å²) < 4.78 is 244. The van der Waals surface area contributed by atoms with E-state index >= 15 is 0 Å². The van der Waals surface area contributed by atoms with Crippen LogP contribution in [0.15, 0.2) is 28.7 Å². The molecule has 0 fully saturated rings. The number of hydrogen-bond acceptors (Lipinski definition) is 4. The Morgan fingerprint density at radius 2 is 0.725 bits per heavy atom. The summed E-state index contributed by atoms with van der Waals surface area (Å²) in [4.78, 5) is 5.49. The summed E-state index contributed by atoms with van der Waals surface area (Å²) in [6.45, 7) is 0. The summed E-state index contributed by atoms with van der Waals surface area (Å²) in [5.41, 5.74) is -15.7. The average molecular weight is 687 g/mol. The second kappa shape index (κ2) is 9.67. The zero-order valence-electron chi connectivity index (χ0n) is 17.8. The van der Waals surface area contributed by atoms with Gasteiger partial charge in [-0.25, -0.2) is 4.98 Å². The minimum atomic E-state index is -7.74. The topological polar surface area (TPSA) is 50.7 Å². The SMILES string of the molecule is FC(F)(F)C(c1nc(Nc2ccc(Br)cc2)nc(C(C(F)(F)F)(C(F)(F)F)C(F)(F)F)n1)(C(F)(F)F)C(F)(F)F. The predicted octanol–water partition coefficient (Wildman–Crippen LogP) is 8.23. The fraction of sp³-hybridized carbons (Fsp3) is 0.471. The molecule has 1 aromatic heterocycles. The van der Waals surface area contributed by atoms with Gasteiger partial charge in [0.15, 0.2) is 11.6 Å². The van der Waals surface area contributed by atoms with Crippen molar-refractivity contribution in [3.8, 4) is 0 Å². The smallest absolute Gasteiger partial charge is 0.324 e. The average Bonchev–Trinajstić information content (AvgIpc) is 2.63. The van der Waals surface area contributed by atoms with Crippen molar-refractivity contribution in [1.82, 2.24) is 15.0 Å². The highest BCUT2D eigenvalue weighted by Gasteiger charge is 2.89. The van der Waals surface area contributed by atoms with Gasteiger partial charge in [0.2, 0.25) is 5.95 Å². The highest BCUT2D eigenvalue weighted by atomic mass is 79.9. The summed E-state index contributed by atoms with van der Waals surface area (Å²) in [6, 6.07) is 3.37. The number of alkyl halides is 18. The van der Waals surface area contributed by atoms with E-state index in [1.54, 1.807) is 0 Å². The molecule has 1 N–H and O–H groups in total. The molecule has 0 unspecified atom stereocenters. The van der Waals surface area contributed by atoms with Gasteiger partial charge in [-0.05, 0) is 24.3 Å². The maximum absolute atomic E-state index is 13.6. The summed E-state index contributed by atoms with van der Waals surface area (Å²) in [5, 5.41) is 1.38. The van der Waals surface area contributed by atoms with Crippen LogP contribution in [-0.4, -0.2) is 52.0 Å². The summed E-state index contributed by atoms with van der Waals surface area (Å²) in [5.74, 6) is -10.4. The highest BCUT2D eigenvalue weighted by Crippen LogP contribution is 2.62. The summed E-state index contributed by atoms with van der Waals surface area (Å²) in [6.07, 6.45) is -46.5. The lowest BCUT2D eigenvalue weighted by atomic mass is 9.82. The van der Waals surface area contributed by atoms with Crippen molar-refractivity contribution in [3.05, 3.63) is 40.4 Å². The molecule has 40 heavy (non-hydrogen) atoms. The molecule has 23 heteroatoms. The molecular weight excluding hydrogens is 682 g/mol. The van der Waals surface area contributed by atoms with Crippen molar-refractivity contribution in [2.75, 3.05) is 5.32 Å². The third-order valence-electron chi connectivity index (χ3n) is 4.96. The Morgan fingerprint density at radius 1 is 0.450 bits per heavy atom. The van der Waals surface area contributed by atoms with Crippen LogP contribution in [0.3, 0.4) is 0 Å². The first kappa shape index (κ1) is 33.5. The number of anilines is 2. The molecule has 1 heterocycles. The third-order valence-corrected chi connectivity index (χ3v) is 5.49. The van der Waals surface area contributed by atoms with Gasteiger partial charge in [-0.15, -0.1) is 0 Å². The molecular formula is C17H5BrF18N4. The van der Waals surface area contributed by atoms with Crippen LogP contribution in [0, 0.1) is 0 Å². The Labute approximate surface area is 215 Å². The van der Waals surface area contributed by atoms with Crippen LogP contribution in [0.5, 0.6) is 0 Å². The van der Waals surface area contributed by atoms with Gasteiger partial charge in [0.05, 0.1) is 0 Å². The molecule has 0 saturated carbocycles. The zero-order valence-corrected chi connectivity index (χ0v) is 19.4. The molecule has 226 valence electrons. The maximum Gasteiger partial charge on any atom is 0.419 e. The van der Waals surface area contributed by atoms with Crippen LogP contribution in [0.4, 0.5) is 90.7 Å². The molecule has 1 aromatic carbocycles. The van der Waals surface area contributed by atoms with Crippen LogP contribution in [0.2, 0.25) is 0 Å². The first-order valence-electron chi connectivity index (χ1n) is 9.25. The number of rotatable bonds is 4. The van der Waals surface area contributed by atoms with E-state index in [1.807, 2.05) is 0 Å². The zero-order chi connectivity index (χ0) is 31.5. The number of nitrogens with one attached hydrogen (secondary N) is 1. The summed E-state index contributed by atoms with van der Waals surface area (Å²) >= 11 is 2.82. The van der Waals surface area contributed by atoms with E-state index < -0.39 is 71.2 Å². The van der Waals surface area contributed by atoms with Crippen molar-refractivity contribution in [2.24, 2.45) is 0 Å². The van der Waals surface area contributed by atoms with Crippen LogP contribution in [0.1, 0.15) is 11.6 Å². The van der Waals surface area contributed by atoms with E-state index in [4.69, 9.17) is 0 Å². The second-order valence-corrected chi connectivity index (χ2v) is 8.34. The fourth-order valence-electron chi connectivity index (χ4n) is 3.15. The van der Waals surface area contributed by atoms with Crippen LogP contribution < -0.4 is 5.32 Å². The standard InChI is InChI=1S/C17H5BrF18N4/c18-5-1-3-6(4-2-5)37-9-39-7(10(12(19,20)21,13(22,23)24)14(25,26)27)38-8(40-9)11(15(28,29)30,16(31,32)33)17(34,35)36/h1-4H,(H,37,38,39,40). The Hall–Kier alpha value is -2.75. The van der Waals surface area contributed by atoms with Crippen LogP contribution >= 0.6 is 15.9 Å². The van der Waals surface area contributed by atoms with E-state index in [9.17, 15) is 79.0 Å². The molecule has 2 aromatic rings. The number of benzene rings is 1. The third kappa shape index (κ3) is 5.19. The minimum Gasteiger partial charge on any atom is -0.324 e. The number of hydrogen-bond donors (Lipinski definition) is 1. The fourth-order valence-corrected chi connectivity index (χ4v) is 3.42. The van der Waals surface area contributed by atoms with Gasteiger partial charge in [0, 0.05) is 10.2 Å². The Bertz CT molecular complexity index is 1060. The highest BCUT2D eigenvalue weighted by molar-refractivity contribution is 9.10. The summed E-state index contributed by atoms with van der Waals surface area (Å²) in [7, 11) is 0. The number of halogens is 19. The van der Waals surface area contributed by atoms with E-state index in [-0.39, 0.29) is 4.47 Å². The van der Waals surface area contributed by atoms with Gasteiger partial charge in [-0.2, -0.15) is 89.0 Å². The number of aromatic nitrogens is 3. The molecule has 0 atom stereocenters. The quantitative estimate of drug-likeness (QED) is 0.330. The molecule has 0 radical (unpaired) electrons. The molecule has 0 bridgehead atoms. The van der Waals surface area contributed by atoms with Crippen molar-refractivity contribution in [2.45, 2.75) is 47.9 Å². The van der Waals surface area contributed by atoms with Crippen molar-refractivity contribution in [1.29, 1.82) is 0 Å². The van der Waals surface area contributed by atoms with E-state index in [0.29, 0.717) is 0 Å². The minimum absolute atomic E-state index is 0.144. The maximum atomic E-state index is 13.6. The molecule has 0 amide bonds. The predicted molar refractivity (Wildman–Crippen MR) is 96.9 cm³/mol. The molecule has 0 aliphatic heterocycles. The van der Waals surface area contributed by atoms with Gasteiger partial charge in [-0.1, -0.05) is 15.9 Å². The van der Waals surface area contributed by atoms with Crippen LogP contribution in [0.25, 0.3) is 0 Å². The lowest BCUT2D eigenvalue weighted by molar-refractivity contribution is -0.391.